The first-order chi connectivity index (χ1) is 9.26. The third-order valence-electron chi connectivity index (χ3n) is 2.77. The molecule has 1 unspecified atom stereocenters. The van der Waals surface area contributed by atoms with Gasteiger partial charge >= 0.3 is 5.97 Å². The number of hydrogen-bond acceptors (Lipinski definition) is 7. The third kappa shape index (κ3) is 3.11. The molecule has 0 aliphatic carbocycles. The zero-order valence-electron chi connectivity index (χ0n) is 11.0. The van der Waals surface area contributed by atoms with Crippen LogP contribution in [0, 0.1) is 0 Å². The lowest BCUT2D eigenvalue weighted by Gasteiger charge is -2.33. The standard InChI is InChI=1S/C12H17N3O4/c1-3-19-10-4-5-13-12(14-10)15-6-7-18-8-9(15)11(16)17-2/h4-5,9H,3,6-8H2,1-2H3. The number of esters is 1. The Bertz CT molecular complexity index is 441. The summed E-state index contributed by atoms with van der Waals surface area (Å²) in [7, 11) is 1.35. The van der Waals surface area contributed by atoms with E-state index < -0.39 is 6.04 Å². The molecule has 0 saturated carbocycles. The van der Waals surface area contributed by atoms with E-state index in [0.29, 0.717) is 31.6 Å². The van der Waals surface area contributed by atoms with E-state index in [2.05, 4.69) is 9.97 Å². The highest BCUT2D eigenvalue weighted by Gasteiger charge is 2.32. The normalized spacial score (nSPS) is 19.1. The van der Waals surface area contributed by atoms with Crippen LogP contribution in [0.1, 0.15) is 6.92 Å². The predicted octanol–water partition coefficient (Wildman–Crippen LogP) is 0.253. The van der Waals surface area contributed by atoms with Gasteiger partial charge in [-0.15, -0.1) is 0 Å². The van der Waals surface area contributed by atoms with Crippen molar-refractivity contribution in [1.82, 2.24) is 9.97 Å². The maximum atomic E-state index is 11.7. The number of rotatable bonds is 4. The number of nitrogens with zero attached hydrogens (tertiary/aromatic N) is 3. The number of ether oxygens (including phenoxy) is 3. The molecule has 1 aromatic rings. The van der Waals surface area contributed by atoms with E-state index in [9.17, 15) is 4.79 Å². The third-order valence-corrected chi connectivity index (χ3v) is 2.77. The molecular formula is C12H17N3O4. The van der Waals surface area contributed by atoms with Gasteiger partial charge in [-0.2, -0.15) is 4.98 Å². The maximum absolute atomic E-state index is 11.7. The molecule has 1 saturated heterocycles. The summed E-state index contributed by atoms with van der Waals surface area (Å²) in [6.07, 6.45) is 1.61. The molecule has 1 aromatic heterocycles. The van der Waals surface area contributed by atoms with Crippen molar-refractivity contribution in [2.24, 2.45) is 0 Å². The Morgan fingerprint density at radius 1 is 1.63 bits per heavy atom. The first-order valence-electron chi connectivity index (χ1n) is 6.14. The van der Waals surface area contributed by atoms with Crippen molar-refractivity contribution in [3.05, 3.63) is 12.3 Å². The molecule has 0 aromatic carbocycles. The fraction of sp³-hybridized carbons (Fsp3) is 0.583. The Balaban J connectivity index is 2.21. The van der Waals surface area contributed by atoms with Crippen LogP contribution in [-0.2, 0) is 14.3 Å². The fourth-order valence-corrected chi connectivity index (χ4v) is 1.87. The predicted molar refractivity (Wildman–Crippen MR) is 67.2 cm³/mol. The van der Waals surface area contributed by atoms with E-state index in [0.717, 1.165) is 0 Å². The second kappa shape index (κ2) is 6.33. The summed E-state index contributed by atoms with van der Waals surface area (Å²) >= 11 is 0. The summed E-state index contributed by atoms with van der Waals surface area (Å²) in [5, 5.41) is 0. The van der Waals surface area contributed by atoms with Crippen LogP contribution in [0.5, 0.6) is 5.88 Å². The van der Waals surface area contributed by atoms with Gasteiger partial charge in [-0.25, -0.2) is 9.78 Å². The van der Waals surface area contributed by atoms with Crippen LogP contribution < -0.4 is 9.64 Å². The van der Waals surface area contributed by atoms with Gasteiger partial charge in [0.05, 0.1) is 26.9 Å². The molecule has 7 nitrogen and oxygen atoms in total. The number of methoxy groups -OCH3 is 1. The summed E-state index contributed by atoms with van der Waals surface area (Å²) in [6, 6.07) is 1.16. The van der Waals surface area contributed by atoms with E-state index in [1.165, 1.54) is 7.11 Å². The van der Waals surface area contributed by atoms with Gasteiger partial charge in [-0.3, -0.25) is 0 Å². The Morgan fingerprint density at radius 2 is 2.47 bits per heavy atom. The molecule has 2 rings (SSSR count). The van der Waals surface area contributed by atoms with Crippen molar-refractivity contribution >= 4 is 11.9 Å². The van der Waals surface area contributed by atoms with E-state index in [4.69, 9.17) is 14.2 Å². The molecule has 1 atom stereocenters. The SMILES string of the molecule is CCOc1ccnc(N2CCOCC2C(=O)OC)n1. The van der Waals surface area contributed by atoms with Crippen molar-refractivity contribution in [3.8, 4) is 5.88 Å². The number of aromatic nitrogens is 2. The first-order valence-corrected chi connectivity index (χ1v) is 6.14. The van der Waals surface area contributed by atoms with Crippen LogP contribution in [0.3, 0.4) is 0 Å². The largest absolute Gasteiger partial charge is 0.478 e. The lowest BCUT2D eigenvalue weighted by molar-refractivity contribution is -0.144. The minimum Gasteiger partial charge on any atom is -0.478 e. The van der Waals surface area contributed by atoms with Crippen LogP contribution in [0.15, 0.2) is 12.3 Å². The highest BCUT2D eigenvalue weighted by molar-refractivity contribution is 5.79. The van der Waals surface area contributed by atoms with Crippen molar-refractivity contribution in [3.63, 3.8) is 0 Å². The number of carbonyl (C=O) groups excluding carboxylic acids is 1. The Morgan fingerprint density at radius 3 is 3.21 bits per heavy atom. The summed E-state index contributed by atoms with van der Waals surface area (Å²) in [6.45, 7) is 3.74. The van der Waals surface area contributed by atoms with Crippen molar-refractivity contribution < 1.29 is 19.0 Å². The Labute approximate surface area is 111 Å². The quantitative estimate of drug-likeness (QED) is 0.724. The molecule has 0 bridgehead atoms. The van der Waals surface area contributed by atoms with Gasteiger partial charge in [0.1, 0.15) is 0 Å². The molecule has 104 valence electrons. The zero-order chi connectivity index (χ0) is 13.7. The molecule has 7 heteroatoms. The van der Waals surface area contributed by atoms with Crippen molar-refractivity contribution in [2.75, 3.05) is 38.4 Å². The molecular weight excluding hydrogens is 250 g/mol. The second-order valence-corrected chi connectivity index (χ2v) is 3.94. The van der Waals surface area contributed by atoms with E-state index in [1.54, 1.807) is 17.2 Å². The zero-order valence-corrected chi connectivity index (χ0v) is 11.0. The first kappa shape index (κ1) is 13.5. The van der Waals surface area contributed by atoms with Crippen LogP contribution in [0.4, 0.5) is 5.95 Å². The molecule has 19 heavy (non-hydrogen) atoms. The van der Waals surface area contributed by atoms with Gasteiger partial charge in [-0.1, -0.05) is 0 Å². The Hall–Kier alpha value is -1.89. The van der Waals surface area contributed by atoms with Crippen LogP contribution >= 0.6 is 0 Å². The minimum atomic E-state index is -0.518. The molecule has 0 radical (unpaired) electrons. The molecule has 0 spiro atoms. The smallest absolute Gasteiger partial charge is 0.331 e. The topological polar surface area (TPSA) is 73.8 Å². The van der Waals surface area contributed by atoms with Crippen molar-refractivity contribution in [1.29, 1.82) is 0 Å². The van der Waals surface area contributed by atoms with Gasteiger partial charge in [0.2, 0.25) is 11.8 Å². The number of carbonyl (C=O) groups is 1. The number of hydrogen-bond donors (Lipinski definition) is 0. The van der Waals surface area contributed by atoms with Gasteiger partial charge in [0.15, 0.2) is 6.04 Å². The molecule has 0 N–H and O–H groups in total. The second-order valence-electron chi connectivity index (χ2n) is 3.94. The van der Waals surface area contributed by atoms with Crippen LogP contribution in [-0.4, -0.2) is 55.5 Å². The molecule has 1 fully saturated rings. The van der Waals surface area contributed by atoms with E-state index in [1.807, 2.05) is 6.92 Å². The highest BCUT2D eigenvalue weighted by atomic mass is 16.5. The number of morpholine rings is 1. The molecule has 0 amide bonds. The van der Waals surface area contributed by atoms with E-state index in [-0.39, 0.29) is 12.6 Å². The van der Waals surface area contributed by atoms with Crippen LogP contribution in [0.25, 0.3) is 0 Å². The Kier molecular flexibility index (Phi) is 4.51. The molecule has 1 aliphatic heterocycles. The van der Waals surface area contributed by atoms with E-state index >= 15 is 0 Å². The lowest BCUT2D eigenvalue weighted by atomic mass is 10.2. The summed E-state index contributed by atoms with van der Waals surface area (Å²) < 4.78 is 15.4. The minimum absolute atomic E-state index is 0.273. The molecule has 2 heterocycles. The summed E-state index contributed by atoms with van der Waals surface area (Å²) in [5.74, 6) is 0.581. The number of anilines is 1. The average molecular weight is 267 g/mol. The average Bonchev–Trinajstić information content (AvgIpc) is 2.47. The van der Waals surface area contributed by atoms with Gasteiger partial charge in [-0.05, 0) is 6.92 Å². The monoisotopic (exact) mass is 267 g/mol. The van der Waals surface area contributed by atoms with Crippen molar-refractivity contribution in [2.45, 2.75) is 13.0 Å². The molecule has 1 aliphatic rings. The van der Waals surface area contributed by atoms with Gasteiger partial charge in [0.25, 0.3) is 0 Å². The lowest BCUT2D eigenvalue weighted by Crippen LogP contribution is -2.51. The maximum Gasteiger partial charge on any atom is 0.331 e. The fourth-order valence-electron chi connectivity index (χ4n) is 1.87. The highest BCUT2D eigenvalue weighted by Crippen LogP contribution is 2.18. The summed E-state index contributed by atoms with van der Waals surface area (Å²) in [4.78, 5) is 22.0. The van der Waals surface area contributed by atoms with Gasteiger partial charge in [0, 0.05) is 18.8 Å². The summed E-state index contributed by atoms with van der Waals surface area (Å²) in [5.41, 5.74) is 0. The van der Waals surface area contributed by atoms with Crippen LogP contribution in [0.2, 0.25) is 0 Å². The van der Waals surface area contributed by atoms with Gasteiger partial charge < -0.3 is 19.1 Å².